The van der Waals surface area contributed by atoms with E-state index in [1.165, 1.54) is 12.8 Å². The molecule has 0 aliphatic carbocycles. The molecule has 1 unspecified atom stereocenters. The third-order valence-electron chi connectivity index (χ3n) is 3.38. The highest BCUT2D eigenvalue weighted by molar-refractivity contribution is 5.87. The van der Waals surface area contributed by atoms with Crippen molar-refractivity contribution in [2.45, 2.75) is 58.8 Å². The maximum atomic E-state index is 11.5. The Hall–Kier alpha value is -1.93. The number of allylic oxidation sites excluding steroid dienone is 3. The molecule has 2 heteroatoms. The molecule has 120 valence electrons. The fourth-order valence-corrected chi connectivity index (χ4v) is 1.73. The van der Waals surface area contributed by atoms with Crippen molar-refractivity contribution >= 4 is 5.91 Å². The predicted molar refractivity (Wildman–Crippen MR) is 95.1 cm³/mol. The quantitative estimate of drug-likeness (QED) is 0.263. The molecule has 0 fully saturated rings. The van der Waals surface area contributed by atoms with Gasteiger partial charge in [-0.3, -0.25) is 4.79 Å². The highest BCUT2D eigenvalue weighted by Gasteiger charge is 1.99. The summed E-state index contributed by atoms with van der Waals surface area (Å²) in [4.78, 5) is 11.5. The Labute approximate surface area is 136 Å². The van der Waals surface area contributed by atoms with Gasteiger partial charge in [0.2, 0.25) is 5.91 Å². The van der Waals surface area contributed by atoms with Crippen LogP contribution in [0.2, 0.25) is 0 Å². The molecule has 0 heterocycles. The first-order valence-corrected chi connectivity index (χ1v) is 8.23. The number of carbonyl (C=O) groups excluding carboxylic acids is 1. The third kappa shape index (κ3) is 14.5. The van der Waals surface area contributed by atoms with E-state index >= 15 is 0 Å². The van der Waals surface area contributed by atoms with Gasteiger partial charge in [-0.15, -0.1) is 6.42 Å². The lowest BCUT2D eigenvalue weighted by Gasteiger charge is -2.07. The molecular formula is C20H29NO. The number of hydrogen-bond acceptors (Lipinski definition) is 1. The average Bonchev–Trinajstić information content (AvgIpc) is 2.53. The molecule has 0 rings (SSSR count). The number of carbonyl (C=O) groups is 1. The fourth-order valence-electron chi connectivity index (χ4n) is 1.73. The van der Waals surface area contributed by atoms with Gasteiger partial charge in [-0.25, -0.2) is 0 Å². The van der Waals surface area contributed by atoms with Gasteiger partial charge in [-0.2, -0.15) is 0 Å². The van der Waals surface area contributed by atoms with E-state index in [2.05, 4.69) is 49.1 Å². The van der Waals surface area contributed by atoms with E-state index in [1.54, 1.807) is 6.08 Å². The van der Waals surface area contributed by atoms with Gasteiger partial charge in [0.1, 0.15) is 0 Å². The van der Waals surface area contributed by atoms with Crippen molar-refractivity contribution in [2.75, 3.05) is 6.54 Å². The molecule has 0 aromatic heterocycles. The highest BCUT2D eigenvalue weighted by Crippen LogP contribution is 2.04. The minimum atomic E-state index is 0.0244. The summed E-state index contributed by atoms with van der Waals surface area (Å²) >= 11 is 0. The molecule has 0 radical (unpaired) electrons. The summed E-state index contributed by atoms with van der Waals surface area (Å²) in [6.45, 7) is 5.03. The van der Waals surface area contributed by atoms with Crippen molar-refractivity contribution < 1.29 is 4.79 Å². The van der Waals surface area contributed by atoms with Crippen LogP contribution >= 0.6 is 0 Å². The summed E-state index contributed by atoms with van der Waals surface area (Å²) in [7, 11) is 0. The van der Waals surface area contributed by atoms with Gasteiger partial charge in [-0.05, 0) is 49.5 Å². The zero-order valence-corrected chi connectivity index (χ0v) is 14.0. The molecule has 2 nitrogen and oxygen atoms in total. The normalized spacial score (nSPS) is 11.9. The van der Waals surface area contributed by atoms with Gasteiger partial charge in [-0.1, -0.05) is 50.8 Å². The second kappa shape index (κ2) is 15.5. The van der Waals surface area contributed by atoms with Crippen molar-refractivity contribution in [3.63, 3.8) is 0 Å². The van der Waals surface area contributed by atoms with Gasteiger partial charge in [0.15, 0.2) is 0 Å². The fraction of sp³-hybridized carbons (Fsp3) is 0.550. The Morgan fingerprint density at radius 1 is 1.18 bits per heavy atom. The van der Waals surface area contributed by atoms with Crippen LogP contribution in [-0.2, 0) is 4.79 Å². The molecule has 0 spiro atoms. The van der Waals surface area contributed by atoms with Gasteiger partial charge in [0, 0.05) is 13.0 Å². The zero-order chi connectivity index (χ0) is 16.5. The summed E-state index contributed by atoms with van der Waals surface area (Å²) in [5.41, 5.74) is 0. The molecule has 0 aliphatic rings. The Bertz CT molecular complexity index is 443. The Morgan fingerprint density at radius 3 is 2.59 bits per heavy atom. The molecule has 0 saturated heterocycles. The second-order valence-corrected chi connectivity index (χ2v) is 5.42. The molecule has 1 atom stereocenters. The van der Waals surface area contributed by atoms with Gasteiger partial charge in [0.25, 0.3) is 0 Å². The van der Waals surface area contributed by atoms with Crippen molar-refractivity contribution in [1.82, 2.24) is 5.32 Å². The van der Waals surface area contributed by atoms with Gasteiger partial charge < -0.3 is 5.32 Å². The molecule has 0 aromatic rings. The van der Waals surface area contributed by atoms with Crippen LogP contribution in [0.3, 0.4) is 0 Å². The maximum absolute atomic E-state index is 11.5. The highest BCUT2D eigenvalue weighted by atomic mass is 16.1. The summed E-state index contributed by atoms with van der Waals surface area (Å²) in [5.74, 6) is 8.31. The predicted octanol–water partition coefficient (Wildman–Crippen LogP) is 4.24. The number of terminal acetylenes is 1. The number of amides is 1. The number of nitrogens with one attached hydrogen (secondary N) is 1. The van der Waals surface area contributed by atoms with Crippen LogP contribution in [0.1, 0.15) is 58.8 Å². The van der Waals surface area contributed by atoms with Crippen LogP contribution < -0.4 is 5.32 Å². The van der Waals surface area contributed by atoms with Crippen molar-refractivity contribution in [3.05, 3.63) is 24.3 Å². The first kappa shape index (κ1) is 20.1. The monoisotopic (exact) mass is 299 g/mol. The first-order valence-electron chi connectivity index (χ1n) is 8.23. The number of unbranched alkanes of at least 4 members (excludes halogenated alkanes) is 4. The van der Waals surface area contributed by atoms with E-state index in [-0.39, 0.29) is 5.91 Å². The molecule has 0 bridgehead atoms. The SMILES string of the molecule is C#CC#CC/C=C\CCCCC/C=C/C(=O)NCC(C)CC. The minimum absolute atomic E-state index is 0.0244. The van der Waals surface area contributed by atoms with Crippen molar-refractivity contribution in [3.8, 4) is 24.2 Å². The van der Waals surface area contributed by atoms with Crippen LogP contribution in [0.15, 0.2) is 24.3 Å². The van der Waals surface area contributed by atoms with Crippen LogP contribution in [0.4, 0.5) is 0 Å². The molecule has 1 amide bonds. The van der Waals surface area contributed by atoms with Gasteiger partial charge in [0.05, 0.1) is 0 Å². The van der Waals surface area contributed by atoms with Crippen molar-refractivity contribution in [1.29, 1.82) is 0 Å². The molecule has 0 aliphatic heterocycles. The first-order chi connectivity index (χ1) is 10.7. The topological polar surface area (TPSA) is 29.1 Å². The number of hydrogen-bond donors (Lipinski definition) is 1. The van der Waals surface area contributed by atoms with Crippen LogP contribution in [0.5, 0.6) is 0 Å². The van der Waals surface area contributed by atoms with Crippen LogP contribution in [0, 0.1) is 30.1 Å². The van der Waals surface area contributed by atoms with Gasteiger partial charge >= 0.3 is 0 Å². The van der Waals surface area contributed by atoms with E-state index in [4.69, 9.17) is 6.42 Å². The maximum Gasteiger partial charge on any atom is 0.243 e. The summed E-state index contributed by atoms with van der Waals surface area (Å²) in [6, 6.07) is 0. The van der Waals surface area contributed by atoms with Crippen LogP contribution in [-0.4, -0.2) is 12.5 Å². The Balaban J connectivity index is 3.47. The van der Waals surface area contributed by atoms with Crippen LogP contribution in [0.25, 0.3) is 0 Å². The van der Waals surface area contributed by atoms with E-state index in [1.807, 2.05) is 6.08 Å². The molecule has 1 N–H and O–H groups in total. The minimum Gasteiger partial charge on any atom is -0.352 e. The summed E-state index contributed by atoms with van der Waals surface area (Å²) in [5, 5.41) is 2.91. The Kier molecular flexibility index (Phi) is 14.1. The third-order valence-corrected chi connectivity index (χ3v) is 3.38. The van der Waals surface area contributed by atoms with E-state index in [0.29, 0.717) is 5.92 Å². The second-order valence-electron chi connectivity index (χ2n) is 5.42. The lowest BCUT2D eigenvalue weighted by atomic mass is 10.1. The molecule has 0 saturated carbocycles. The lowest BCUT2D eigenvalue weighted by molar-refractivity contribution is -0.116. The molecule has 22 heavy (non-hydrogen) atoms. The summed E-state index contributed by atoms with van der Waals surface area (Å²) in [6.07, 6.45) is 20.2. The summed E-state index contributed by atoms with van der Waals surface area (Å²) < 4.78 is 0. The van der Waals surface area contributed by atoms with E-state index < -0.39 is 0 Å². The Morgan fingerprint density at radius 2 is 1.91 bits per heavy atom. The average molecular weight is 299 g/mol. The smallest absolute Gasteiger partial charge is 0.243 e. The zero-order valence-electron chi connectivity index (χ0n) is 14.0. The van der Waals surface area contributed by atoms with E-state index in [0.717, 1.165) is 38.6 Å². The van der Waals surface area contributed by atoms with Crippen molar-refractivity contribution in [2.24, 2.45) is 5.92 Å². The lowest BCUT2D eigenvalue weighted by Crippen LogP contribution is -2.26. The molecular weight excluding hydrogens is 270 g/mol. The van der Waals surface area contributed by atoms with E-state index in [9.17, 15) is 4.79 Å². The molecule has 0 aromatic carbocycles. The largest absolute Gasteiger partial charge is 0.352 e. The standard InChI is InChI=1S/C20H29NO/c1-4-6-7-8-9-10-11-12-13-14-15-16-17-20(22)21-18-19(3)5-2/h1,9-10,16-17,19H,5,8,11-15,18H2,2-3H3,(H,21,22)/b10-9-,17-16+. The number of rotatable bonds is 11.